The van der Waals surface area contributed by atoms with Crippen molar-refractivity contribution in [2.24, 2.45) is 5.92 Å². The molecule has 1 aliphatic rings. The third kappa shape index (κ3) is 3.44. The second-order valence-corrected chi connectivity index (χ2v) is 6.79. The summed E-state index contributed by atoms with van der Waals surface area (Å²) < 4.78 is 0. The number of amides is 1. The van der Waals surface area contributed by atoms with E-state index in [-0.39, 0.29) is 5.91 Å². The van der Waals surface area contributed by atoms with Crippen molar-refractivity contribution < 1.29 is 4.79 Å². The zero-order chi connectivity index (χ0) is 15.5. The summed E-state index contributed by atoms with van der Waals surface area (Å²) >= 11 is 1.44. The standard InChI is InChI=1S/C16H20N4OS/c1-11-3-5-20(6-4-11)16-17-8-13(9-18-16)19-15(21)14-7-12(2)10-22-14/h7-11H,3-6H2,1-2H3,(H,19,21). The third-order valence-electron chi connectivity index (χ3n) is 3.92. The molecule has 3 heterocycles. The Morgan fingerprint density at radius 3 is 2.59 bits per heavy atom. The van der Waals surface area contributed by atoms with E-state index >= 15 is 0 Å². The Bertz CT molecular complexity index is 644. The molecule has 0 aromatic carbocycles. The molecule has 22 heavy (non-hydrogen) atoms. The van der Waals surface area contributed by atoms with Gasteiger partial charge in [-0.1, -0.05) is 6.92 Å². The normalized spacial score (nSPS) is 15.8. The first-order valence-electron chi connectivity index (χ1n) is 7.55. The number of rotatable bonds is 3. The fraction of sp³-hybridized carbons (Fsp3) is 0.438. The smallest absolute Gasteiger partial charge is 0.265 e. The van der Waals surface area contributed by atoms with Crippen LogP contribution in [0.3, 0.4) is 0 Å². The number of hydrogen-bond acceptors (Lipinski definition) is 5. The van der Waals surface area contributed by atoms with Crippen molar-refractivity contribution in [2.75, 3.05) is 23.3 Å². The molecule has 0 bridgehead atoms. The molecular weight excluding hydrogens is 296 g/mol. The van der Waals surface area contributed by atoms with Gasteiger partial charge in [-0.2, -0.15) is 0 Å². The molecule has 0 radical (unpaired) electrons. The lowest BCUT2D eigenvalue weighted by molar-refractivity contribution is 0.103. The molecule has 5 nitrogen and oxygen atoms in total. The minimum absolute atomic E-state index is 0.110. The zero-order valence-corrected chi connectivity index (χ0v) is 13.7. The topological polar surface area (TPSA) is 58.1 Å². The fourth-order valence-corrected chi connectivity index (χ4v) is 3.29. The lowest BCUT2D eigenvalue weighted by atomic mass is 10.00. The number of thiophene rings is 1. The van der Waals surface area contributed by atoms with E-state index in [0.717, 1.165) is 30.5 Å². The van der Waals surface area contributed by atoms with Gasteiger partial charge in [0.1, 0.15) is 0 Å². The average Bonchev–Trinajstić information content (AvgIpc) is 2.96. The van der Waals surface area contributed by atoms with Crippen LogP contribution < -0.4 is 10.2 Å². The molecule has 3 rings (SSSR count). The monoisotopic (exact) mass is 316 g/mol. The predicted molar refractivity (Wildman–Crippen MR) is 89.7 cm³/mol. The van der Waals surface area contributed by atoms with Crippen LogP contribution in [0, 0.1) is 12.8 Å². The Balaban J connectivity index is 1.63. The molecule has 0 atom stereocenters. The summed E-state index contributed by atoms with van der Waals surface area (Å²) in [5.74, 6) is 1.42. The van der Waals surface area contributed by atoms with E-state index in [1.807, 2.05) is 18.4 Å². The van der Waals surface area contributed by atoms with Crippen LogP contribution in [-0.4, -0.2) is 29.0 Å². The van der Waals surface area contributed by atoms with Gasteiger partial charge in [0.25, 0.3) is 5.91 Å². The molecule has 1 saturated heterocycles. The van der Waals surface area contributed by atoms with E-state index in [4.69, 9.17) is 0 Å². The van der Waals surface area contributed by atoms with E-state index in [0.29, 0.717) is 10.6 Å². The minimum atomic E-state index is -0.110. The van der Waals surface area contributed by atoms with E-state index in [9.17, 15) is 4.79 Å². The molecule has 6 heteroatoms. The summed E-state index contributed by atoms with van der Waals surface area (Å²) in [6.45, 7) is 6.26. The summed E-state index contributed by atoms with van der Waals surface area (Å²) in [7, 11) is 0. The maximum absolute atomic E-state index is 12.1. The van der Waals surface area contributed by atoms with Crippen LogP contribution in [0.25, 0.3) is 0 Å². The molecule has 0 aliphatic carbocycles. The van der Waals surface area contributed by atoms with Crippen LogP contribution in [0.2, 0.25) is 0 Å². The predicted octanol–water partition coefficient (Wildman–Crippen LogP) is 3.34. The van der Waals surface area contributed by atoms with Crippen LogP contribution in [0.15, 0.2) is 23.8 Å². The van der Waals surface area contributed by atoms with Crippen LogP contribution >= 0.6 is 11.3 Å². The number of aromatic nitrogens is 2. The summed E-state index contributed by atoms with van der Waals surface area (Å²) in [4.78, 5) is 23.8. The lowest BCUT2D eigenvalue weighted by Crippen LogP contribution is -2.34. The maximum atomic E-state index is 12.1. The molecule has 1 N–H and O–H groups in total. The molecule has 0 saturated carbocycles. The van der Waals surface area contributed by atoms with Gasteiger partial charge in [-0.25, -0.2) is 9.97 Å². The summed E-state index contributed by atoms with van der Waals surface area (Å²) in [5.41, 5.74) is 1.73. The van der Waals surface area contributed by atoms with Crippen LogP contribution in [-0.2, 0) is 0 Å². The minimum Gasteiger partial charge on any atom is -0.341 e. The van der Waals surface area contributed by atoms with Crippen LogP contribution in [0.1, 0.15) is 35.0 Å². The Labute approximate surface area is 134 Å². The molecule has 2 aromatic rings. The van der Waals surface area contributed by atoms with Gasteiger partial charge < -0.3 is 10.2 Å². The molecule has 1 aliphatic heterocycles. The number of anilines is 2. The number of hydrogen-bond donors (Lipinski definition) is 1. The SMILES string of the molecule is Cc1csc(C(=O)Nc2cnc(N3CCC(C)CC3)nc2)c1. The molecule has 1 fully saturated rings. The highest BCUT2D eigenvalue weighted by Gasteiger charge is 2.18. The number of carbonyl (C=O) groups is 1. The Morgan fingerprint density at radius 1 is 1.32 bits per heavy atom. The largest absolute Gasteiger partial charge is 0.341 e. The highest BCUT2D eigenvalue weighted by atomic mass is 32.1. The number of carbonyl (C=O) groups excluding carboxylic acids is 1. The molecule has 0 spiro atoms. The van der Waals surface area contributed by atoms with Crippen molar-refractivity contribution in [1.82, 2.24) is 9.97 Å². The van der Waals surface area contributed by atoms with Crippen LogP contribution in [0.5, 0.6) is 0 Å². The van der Waals surface area contributed by atoms with E-state index < -0.39 is 0 Å². The van der Waals surface area contributed by atoms with Crippen molar-refractivity contribution in [1.29, 1.82) is 0 Å². The lowest BCUT2D eigenvalue weighted by Gasteiger charge is -2.30. The highest BCUT2D eigenvalue weighted by Crippen LogP contribution is 2.21. The second-order valence-electron chi connectivity index (χ2n) is 5.88. The molecule has 0 unspecified atom stereocenters. The number of nitrogens with one attached hydrogen (secondary N) is 1. The maximum Gasteiger partial charge on any atom is 0.265 e. The zero-order valence-electron chi connectivity index (χ0n) is 12.9. The van der Waals surface area contributed by atoms with Crippen molar-refractivity contribution in [3.8, 4) is 0 Å². The summed E-state index contributed by atoms with van der Waals surface area (Å²) in [6.07, 6.45) is 5.72. The van der Waals surface area contributed by atoms with E-state index in [2.05, 4.69) is 27.1 Å². The molecule has 2 aromatic heterocycles. The summed E-state index contributed by atoms with van der Waals surface area (Å²) in [6, 6.07) is 1.88. The van der Waals surface area contributed by atoms with Gasteiger partial charge in [0.15, 0.2) is 0 Å². The van der Waals surface area contributed by atoms with Crippen LogP contribution in [0.4, 0.5) is 11.6 Å². The summed E-state index contributed by atoms with van der Waals surface area (Å²) in [5, 5.41) is 4.80. The van der Waals surface area contributed by atoms with Crippen molar-refractivity contribution in [3.63, 3.8) is 0 Å². The van der Waals surface area contributed by atoms with Gasteiger partial charge in [0.05, 0.1) is 23.0 Å². The number of piperidine rings is 1. The Kier molecular flexibility index (Phi) is 4.38. The average molecular weight is 316 g/mol. The van der Waals surface area contributed by atoms with Gasteiger partial charge in [-0.05, 0) is 42.7 Å². The van der Waals surface area contributed by atoms with Gasteiger partial charge in [0, 0.05) is 13.1 Å². The first-order valence-corrected chi connectivity index (χ1v) is 8.43. The molecular formula is C16H20N4OS. The van der Waals surface area contributed by atoms with Crippen molar-refractivity contribution in [3.05, 3.63) is 34.3 Å². The second kappa shape index (κ2) is 6.44. The Hall–Kier alpha value is -1.95. The van der Waals surface area contributed by atoms with E-state index in [1.54, 1.807) is 12.4 Å². The number of aryl methyl sites for hydroxylation is 1. The van der Waals surface area contributed by atoms with Gasteiger partial charge in [0.2, 0.25) is 5.95 Å². The van der Waals surface area contributed by atoms with E-state index in [1.165, 1.54) is 24.2 Å². The van der Waals surface area contributed by atoms with Gasteiger partial charge in [-0.15, -0.1) is 11.3 Å². The first-order chi connectivity index (χ1) is 10.6. The molecule has 116 valence electrons. The molecule has 1 amide bonds. The fourth-order valence-electron chi connectivity index (χ4n) is 2.50. The van der Waals surface area contributed by atoms with Crippen molar-refractivity contribution in [2.45, 2.75) is 26.7 Å². The first kappa shape index (κ1) is 15.0. The number of nitrogens with zero attached hydrogens (tertiary/aromatic N) is 3. The highest BCUT2D eigenvalue weighted by molar-refractivity contribution is 7.12. The van der Waals surface area contributed by atoms with Gasteiger partial charge in [-0.3, -0.25) is 4.79 Å². The van der Waals surface area contributed by atoms with Crippen molar-refractivity contribution >= 4 is 28.9 Å². The Morgan fingerprint density at radius 2 is 2.00 bits per heavy atom. The third-order valence-corrected chi connectivity index (χ3v) is 4.96. The quantitative estimate of drug-likeness (QED) is 0.943. The van der Waals surface area contributed by atoms with Gasteiger partial charge >= 0.3 is 0 Å².